The summed E-state index contributed by atoms with van der Waals surface area (Å²) < 4.78 is 5.14. The third kappa shape index (κ3) is 5.71. The number of carbonyl (C=O) groups excluding carboxylic acids is 2. The van der Waals surface area contributed by atoms with E-state index in [1.165, 1.54) is 11.3 Å². The normalized spacial score (nSPS) is 14.5. The number of piperazine rings is 1. The van der Waals surface area contributed by atoms with Crippen LogP contribution >= 0.6 is 11.3 Å². The molecular formula is C20H26N4O3S. The molecule has 2 aromatic rings. The van der Waals surface area contributed by atoms with Crippen LogP contribution in [-0.4, -0.2) is 68.1 Å². The molecule has 7 nitrogen and oxygen atoms in total. The third-order valence-corrected chi connectivity index (χ3v) is 5.59. The monoisotopic (exact) mass is 402 g/mol. The lowest BCUT2D eigenvalue weighted by Gasteiger charge is -2.34. The fourth-order valence-electron chi connectivity index (χ4n) is 3.03. The summed E-state index contributed by atoms with van der Waals surface area (Å²) in [5.41, 5.74) is 1.04. The first-order valence-electron chi connectivity index (χ1n) is 9.35. The van der Waals surface area contributed by atoms with E-state index in [0.29, 0.717) is 26.2 Å². The minimum absolute atomic E-state index is 0.0217. The standard InChI is InChI=1S/C20H26N4O3S/c1-27-17-6-4-16(5-7-17)15-22-20(26)24-12-10-23(11-13-24)9-8-21-19(25)18-3-2-14-28-18/h2-7,14H,8-13,15H2,1H3,(H,21,25)(H,22,26). The van der Waals surface area contributed by atoms with Gasteiger partial charge in [0.05, 0.1) is 12.0 Å². The number of carbonyl (C=O) groups is 2. The Labute approximate surface area is 169 Å². The third-order valence-electron chi connectivity index (χ3n) is 4.72. The summed E-state index contributed by atoms with van der Waals surface area (Å²) in [5, 5.41) is 7.80. The van der Waals surface area contributed by atoms with Crippen LogP contribution in [0.2, 0.25) is 0 Å². The second kappa shape index (κ2) is 10.1. The van der Waals surface area contributed by atoms with E-state index in [0.717, 1.165) is 35.8 Å². The van der Waals surface area contributed by atoms with Gasteiger partial charge in [-0.2, -0.15) is 0 Å². The Balaban J connectivity index is 1.32. The fraction of sp³-hybridized carbons (Fsp3) is 0.400. The molecule has 1 aromatic carbocycles. The van der Waals surface area contributed by atoms with Gasteiger partial charge in [-0.3, -0.25) is 9.69 Å². The van der Waals surface area contributed by atoms with Crippen molar-refractivity contribution in [1.29, 1.82) is 0 Å². The smallest absolute Gasteiger partial charge is 0.317 e. The topological polar surface area (TPSA) is 73.9 Å². The van der Waals surface area contributed by atoms with Gasteiger partial charge in [0.2, 0.25) is 0 Å². The highest BCUT2D eigenvalue weighted by atomic mass is 32.1. The van der Waals surface area contributed by atoms with Gasteiger partial charge < -0.3 is 20.3 Å². The molecule has 1 saturated heterocycles. The van der Waals surface area contributed by atoms with E-state index in [9.17, 15) is 9.59 Å². The predicted molar refractivity (Wildman–Crippen MR) is 110 cm³/mol. The van der Waals surface area contributed by atoms with E-state index in [-0.39, 0.29) is 11.9 Å². The number of rotatable bonds is 7. The Morgan fingerprint density at radius 3 is 2.46 bits per heavy atom. The molecule has 0 unspecified atom stereocenters. The molecule has 1 fully saturated rings. The van der Waals surface area contributed by atoms with Crippen LogP contribution in [0.1, 0.15) is 15.2 Å². The lowest BCUT2D eigenvalue weighted by Crippen LogP contribution is -2.52. The Bertz CT molecular complexity index is 756. The number of benzene rings is 1. The molecule has 0 atom stereocenters. The summed E-state index contributed by atoms with van der Waals surface area (Å²) in [6, 6.07) is 11.3. The van der Waals surface area contributed by atoms with Gasteiger partial charge in [-0.05, 0) is 29.1 Å². The highest BCUT2D eigenvalue weighted by molar-refractivity contribution is 7.12. The van der Waals surface area contributed by atoms with Crippen LogP contribution in [0.25, 0.3) is 0 Å². The average molecular weight is 403 g/mol. The van der Waals surface area contributed by atoms with Gasteiger partial charge in [0.25, 0.3) is 5.91 Å². The lowest BCUT2D eigenvalue weighted by atomic mass is 10.2. The number of ether oxygens (including phenoxy) is 1. The number of hydrogen-bond donors (Lipinski definition) is 2. The van der Waals surface area contributed by atoms with Crippen LogP contribution in [0, 0.1) is 0 Å². The summed E-state index contributed by atoms with van der Waals surface area (Å²) in [6.07, 6.45) is 0. The summed E-state index contributed by atoms with van der Waals surface area (Å²) in [6.45, 7) is 4.90. The SMILES string of the molecule is COc1ccc(CNC(=O)N2CCN(CCNC(=O)c3cccs3)CC2)cc1. The van der Waals surface area contributed by atoms with E-state index >= 15 is 0 Å². The minimum atomic E-state index is -0.0403. The van der Waals surface area contributed by atoms with Gasteiger partial charge >= 0.3 is 6.03 Å². The number of hydrogen-bond acceptors (Lipinski definition) is 5. The largest absolute Gasteiger partial charge is 0.497 e. The lowest BCUT2D eigenvalue weighted by molar-refractivity contribution is 0.0946. The van der Waals surface area contributed by atoms with Crippen molar-refractivity contribution >= 4 is 23.3 Å². The van der Waals surface area contributed by atoms with Crippen LogP contribution in [0.3, 0.4) is 0 Å². The molecule has 2 heterocycles. The number of nitrogens with one attached hydrogen (secondary N) is 2. The van der Waals surface area contributed by atoms with E-state index in [4.69, 9.17) is 4.74 Å². The molecule has 28 heavy (non-hydrogen) atoms. The van der Waals surface area contributed by atoms with Crippen molar-refractivity contribution in [2.45, 2.75) is 6.54 Å². The zero-order valence-electron chi connectivity index (χ0n) is 16.0. The second-order valence-electron chi connectivity index (χ2n) is 6.57. The van der Waals surface area contributed by atoms with Gasteiger partial charge in [-0.25, -0.2) is 4.79 Å². The van der Waals surface area contributed by atoms with Gasteiger partial charge in [0.1, 0.15) is 5.75 Å². The molecule has 0 saturated carbocycles. The highest BCUT2D eigenvalue weighted by Crippen LogP contribution is 2.11. The Kier molecular flexibility index (Phi) is 7.27. The molecule has 150 valence electrons. The quantitative estimate of drug-likeness (QED) is 0.743. The van der Waals surface area contributed by atoms with Crippen LogP contribution in [-0.2, 0) is 6.54 Å². The van der Waals surface area contributed by atoms with Crippen molar-refractivity contribution < 1.29 is 14.3 Å². The van der Waals surface area contributed by atoms with Crippen molar-refractivity contribution in [3.8, 4) is 5.75 Å². The fourth-order valence-corrected chi connectivity index (χ4v) is 3.67. The first kappa shape index (κ1) is 20.2. The maximum Gasteiger partial charge on any atom is 0.317 e. The second-order valence-corrected chi connectivity index (χ2v) is 7.52. The molecule has 0 radical (unpaired) electrons. The molecule has 8 heteroatoms. The zero-order chi connectivity index (χ0) is 19.8. The molecule has 2 N–H and O–H groups in total. The Hall–Kier alpha value is -2.58. The first-order valence-corrected chi connectivity index (χ1v) is 10.2. The van der Waals surface area contributed by atoms with Gasteiger partial charge in [0, 0.05) is 45.8 Å². The van der Waals surface area contributed by atoms with E-state index in [1.807, 2.05) is 46.7 Å². The van der Waals surface area contributed by atoms with Crippen molar-refractivity contribution in [2.75, 3.05) is 46.4 Å². The molecule has 1 aromatic heterocycles. The summed E-state index contributed by atoms with van der Waals surface area (Å²) in [4.78, 5) is 29.1. The molecule has 0 aliphatic carbocycles. The van der Waals surface area contributed by atoms with Crippen LogP contribution in [0.4, 0.5) is 4.79 Å². The molecule has 1 aliphatic heterocycles. The molecule has 0 bridgehead atoms. The molecular weight excluding hydrogens is 376 g/mol. The summed E-state index contributed by atoms with van der Waals surface area (Å²) >= 11 is 1.44. The van der Waals surface area contributed by atoms with E-state index < -0.39 is 0 Å². The maximum atomic E-state index is 12.4. The zero-order valence-corrected chi connectivity index (χ0v) is 16.8. The van der Waals surface area contributed by atoms with Gasteiger partial charge in [0.15, 0.2) is 0 Å². The average Bonchev–Trinajstić information content (AvgIpc) is 3.28. The number of methoxy groups -OCH3 is 1. The number of thiophene rings is 1. The molecule has 1 aliphatic rings. The highest BCUT2D eigenvalue weighted by Gasteiger charge is 2.20. The predicted octanol–water partition coefficient (Wildman–Crippen LogP) is 2.01. The Morgan fingerprint density at radius 1 is 1.07 bits per heavy atom. The van der Waals surface area contributed by atoms with Crippen LogP contribution in [0.5, 0.6) is 5.75 Å². The van der Waals surface area contributed by atoms with Crippen molar-refractivity contribution in [3.63, 3.8) is 0 Å². The Morgan fingerprint density at radius 2 is 1.82 bits per heavy atom. The van der Waals surface area contributed by atoms with Gasteiger partial charge in [-0.1, -0.05) is 18.2 Å². The van der Waals surface area contributed by atoms with Gasteiger partial charge in [-0.15, -0.1) is 11.3 Å². The molecule has 0 spiro atoms. The van der Waals surface area contributed by atoms with Crippen LogP contribution < -0.4 is 15.4 Å². The first-order chi connectivity index (χ1) is 13.7. The minimum Gasteiger partial charge on any atom is -0.497 e. The summed E-state index contributed by atoms with van der Waals surface area (Å²) in [5.74, 6) is 0.782. The van der Waals surface area contributed by atoms with E-state index in [1.54, 1.807) is 7.11 Å². The van der Waals surface area contributed by atoms with E-state index in [2.05, 4.69) is 15.5 Å². The number of urea groups is 1. The van der Waals surface area contributed by atoms with Crippen molar-refractivity contribution in [1.82, 2.24) is 20.4 Å². The summed E-state index contributed by atoms with van der Waals surface area (Å²) in [7, 11) is 1.63. The number of amides is 3. The molecule has 3 rings (SSSR count). The number of nitrogens with zero attached hydrogens (tertiary/aromatic N) is 2. The van der Waals surface area contributed by atoms with Crippen molar-refractivity contribution in [3.05, 3.63) is 52.2 Å². The van der Waals surface area contributed by atoms with Crippen molar-refractivity contribution in [2.24, 2.45) is 0 Å². The van der Waals surface area contributed by atoms with Crippen LogP contribution in [0.15, 0.2) is 41.8 Å². The maximum absolute atomic E-state index is 12.4. The molecule has 3 amide bonds.